The summed E-state index contributed by atoms with van der Waals surface area (Å²) in [5, 5.41) is 4.31. The van der Waals surface area contributed by atoms with Gasteiger partial charge in [0.15, 0.2) is 0 Å². The lowest BCUT2D eigenvalue weighted by Gasteiger charge is -2.35. The van der Waals surface area contributed by atoms with Gasteiger partial charge in [-0.3, -0.25) is 14.6 Å². The Morgan fingerprint density at radius 3 is 2.76 bits per heavy atom. The molecule has 0 saturated heterocycles. The summed E-state index contributed by atoms with van der Waals surface area (Å²) in [5.74, 6) is 0.865. The van der Waals surface area contributed by atoms with E-state index >= 15 is 0 Å². The van der Waals surface area contributed by atoms with E-state index in [4.69, 9.17) is 9.47 Å². The highest BCUT2D eigenvalue weighted by Crippen LogP contribution is 2.44. The molecule has 0 N–H and O–H groups in total. The number of rotatable bonds is 6. The van der Waals surface area contributed by atoms with Gasteiger partial charge in [-0.15, -0.1) is 0 Å². The normalized spacial score (nSPS) is 15.7. The van der Waals surface area contributed by atoms with Crippen molar-refractivity contribution in [3.8, 4) is 22.8 Å². The third-order valence-electron chi connectivity index (χ3n) is 5.50. The number of hydrogen-bond donors (Lipinski definition) is 0. The van der Waals surface area contributed by atoms with Crippen molar-refractivity contribution in [2.75, 3.05) is 24.0 Å². The van der Waals surface area contributed by atoms with Crippen molar-refractivity contribution in [1.82, 2.24) is 19.7 Å². The van der Waals surface area contributed by atoms with E-state index in [2.05, 4.69) is 15.1 Å². The summed E-state index contributed by atoms with van der Waals surface area (Å²) in [6, 6.07) is 3.70. The lowest BCUT2D eigenvalue weighted by molar-refractivity contribution is 0.175. The van der Waals surface area contributed by atoms with E-state index < -0.39 is 15.9 Å². The average Bonchev–Trinajstić information content (AvgIpc) is 3.26. The molecule has 0 saturated carbocycles. The van der Waals surface area contributed by atoms with Crippen LogP contribution in [-0.4, -0.2) is 59.4 Å². The molecular weight excluding hydrogens is 446 g/mol. The van der Waals surface area contributed by atoms with E-state index in [1.165, 1.54) is 25.8 Å². The Labute approximate surface area is 192 Å². The van der Waals surface area contributed by atoms with Crippen LogP contribution in [0.4, 0.5) is 10.5 Å². The van der Waals surface area contributed by atoms with Gasteiger partial charge in [-0.25, -0.2) is 18.2 Å². The van der Waals surface area contributed by atoms with Crippen molar-refractivity contribution in [3.05, 3.63) is 48.7 Å². The second kappa shape index (κ2) is 9.18. The highest BCUT2D eigenvalue weighted by molar-refractivity contribution is 7.90. The molecule has 0 bridgehead atoms. The third kappa shape index (κ3) is 4.98. The minimum atomic E-state index is -3.11. The summed E-state index contributed by atoms with van der Waals surface area (Å²) >= 11 is 0. The Morgan fingerprint density at radius 2 is 2.06 bits per heavy atom. The van der Waals surface area contributed by atoms with Gasteiger partial charge in [-0.1, -0.05) is 0 Å². The first-order valence-corrected chi connectivity index (χ1v) is 12.5. The van der Waals surface area contributed by atoms with Gasteiger partial charge in [0.2, 0.25) is 5.88 Å². The number of methoxy groups -OCH3 is 1. The molecule has 1 unspecified atom stereocenters. The third-order valence-corrected chi connectivity index (χ3v) is 6.43. The number of fused-ring (bicyclic) bond motifs is 1. The molecule has 1 aromatic carbocycles. The average molecular weight is 472 g/mol. The van der Waals surface area contributed by atoms with E-state index in [-0.39, 0.29) is 18.3 Å². The molecule has 1 amide bonds. The van der Waals surface area contributed by atoms with Gasteiger partial charge < -0.3 is 9.47 Å². The minimum Gasteiger partial charge on any atom is -0.452 e. The predicted molar refractivity (Wildman–Crippen MR) is 122 cm³/mol. The van der Waals surface area contributed by atoms with Crippen LogP contribution in [0.2, 0.25) is 0 Å². The number of carbonyl (C=O) groups is 1. The predicted octanol–water partition coefficient (Wildman–Crippen LogP) is 3.08. The number of aryl methyl sites for hydroxylation is 1. The number of nitrogens with zero attached hydrogens (tertiary/aromatic N) is 5. The lowest BCUT2D eigenvalue weighted by atomic mass is 9.92. The molecule has 0 radical (unpaired) electrons. The monoisotopic (exact) mass is 471 g/mol. The zero-order valence-electron chi connectivity index (χ0n) is 18.6. The maximum Gasteiger partial charge on any atom is 0.414 e. The smallest absolute Gasteiger partial charge is 0.414 e. The first kappa shape index (κ1) is 22.7. The Hall–Kier alpha value is -3.47. The second-order valence-corrected chi connectivity index (χ2v) is 10.2. The Bertz CT molecular complexity index is 1260. The summed E-state index contributed by atoms with van der Waals surface area (Å²) in [5.41, 5.74) is 3.08. The van der Waals surface area contributed by atoms with Crippen LogP contribution < -0.4 is 9.64 Å². The van der Waals surface area contributed by atoms with Gasteiger partial charge in [-0.05, 0) is 31.9 Å². The van der Waals surface area contributed by atoms with Crippen LogP contribution in [0.3, 0.4) is 0 Å². The van der Waals surface area contributed by atoms with Gasteiger partial charge in [0.25, 0.3) is 0 Å². The molecule has 174 valence electrons. The van der Waals surface area contributed by atoms with E-state index in [1.807, 2.05) is 19.1 Å². The first-order chi connectivity index (χ1) is 15.8. The first-order valence-electron chi connectivity index (χ1n) is 10.4. The molecule has 0 fully saturated rings. The van der Waals surface area contributed by atoms with E-state index in [9.17, 15) is 13.2 Å². The van der Waals surface area contributed by atoms with E-state index in [1.54, 1.807) is 28.2 Å². The van der Waals surface area contributed by atoms with Crippen LogP contribution >= 0.6 is 0 Å². The molecule has 3 aromatic rings. The molecule has 3 heterocycles. The summed E-state index contributed by atoms with van der Waals surface area (Å²) in [4.78, 5) is 22.4. The SMILES string of the molecule is COC(=O)N1c2ccc(-c3cnn(CCS(C)(=O)=O)c3)c(Oc3cnccn3)c2CCC1C. The number of sulfone groups is 1. The minimum absolute atomic E-state index is 0.00670. The molecule has 0 aliphatic carbocycles. The van der Waals surface area contributed by atoms with Gasteiger partial charge in [0, 0.05) is 47.6 Å². The molecule has 4 rings (SSSR count). The Kier molecular flexibility index (Phi) is 6.32. The Morgan fingerprint density at radius 1 is 1.24 bits per heavy atom. The van der Waals surface area contributed by atoms with Gasteiger partial charge in [-0.2, -0.15) is 5.10 Å². The quantitative estimate of drug-likeness (QED) is 0.538. The zero-order chi connectivity index (χ0) is 23.6. The van der Waals surface area contributed by atoms with E-state index in [0.29, 0.717) is 23.7 Å². The molecule has 1 aliphatic rings. The summed E-state index contributed by atoms with van der Waals surface area (Å²) in [6.07, 6.45) is 10.2. The van der Waals surface area contributed by atoms with Crippen LogP contribution in [-0.2, 0) is 27.5 Å². The van der Waals surface area contributed by atoms with Crippen molar-refractivity contribution in [2.45, 2.75) is 32.4 Å². The Balaban J connectivity index is 1.79. The molecule has 10 nitrogen and oxygen atoms in total. The molecule has 0 spiro atoms. The molecule has 2 aromatic heterocycles. The van der Waals surface area contributed by atoms with Crippen LogP contribution in [0.5, 0.6) is 11.6 Å². The summed E-state index contributed by atoms with van der Waals surface area (Å²) in [7, 11) is -1.75. The number of ether oxygens (including phenoxy) is 2. The maximum atomic E-state index is 12.5. The fourth-order valence-electron chi connectivity index (χ4n) is 3.85. The van der Waals surface area contributed by atoms with E-state index in [0.717, 1.165) is 23.1 Å². The standard InChI is InChI=1S/C22H25N5O5S/c1-15-4-5-18-19(27(15)22(28)31-2)7-6-17(21(18)32-20-13-23-8-9-24-20)16-12-25-26(14-16)10-11-33(3,29)30/h6-9,12-15H,4-5,10-11H2,1-3H3. The topological polar surface area (TPSA) is 117 Å². The molecule has 11 heteroatoms. The van der Waals surface area contributed by atoms with Gasteiger partial charge in [0.05, 0.1) is 37.5 Å². The maximum absolute atomic E-state index is 12.5. The second-order valence-electron chi connectivity index (χ2n) is 7.94. The van der Waals surface area contributed by atoms with Crippen molar-refractivity contribution >= 4 is 21.6 Å². The molecule has 33 heavy (non-hydrogen) atoms. The fraction of sp³-hybridized carbons (Fsp3) is 0.364. The lowest BCUT2D eigenvalue weighted by Crippen LogP contribution is -2.42. The zero-order valence-corrected chi connectivity index (χ0v) is 19.4. The van der Waals surface area contributed by atoms with Crippen LogP contribution in [0, 0.1) is 0 Å². The number of carbonyl (C=O) groups excluding carboxylic acids is 1. The summed E-state index contributed by atoms with van der Waals surface area (Å²) in [6.45, 7) is 2.22. The van der Waals surface area contributed by atoms with Crippen molar-refractivity contribution < 1.29 is 22.7 Å². The number of amides is 1. The summed E-state index contributed by atoms with van der Waals surface area (Å²) < 4.78 is 35.8. The van der Waals surface area contributed by atoms with Crippen molar-refractivity contribution in [1.29, 1.82) is 0 Å². The number of anilines is 1. The van der Waals surface area contributed by atoms with Crippen molar-refractivity contribution in [3.63, 3.8) is 0 Å². The number of benzene rings is 1. The van der Waals surface area contributed by atoms with Crippen molar-refractivity contribution in [2.24, 2.45) is 0 Å². The number of aromatic nitrogens is 4. The van der Waals surface area contributed by atoms with Crippen LogP contribution in [0.25, 0.3) is 11.1 Å². The molecule has 1 aliphatic heterocycles. The number of hydrogen-bond acceptors (Lipinski definition) is 8. The molecular formula is C22H25N5O5S. The molecule has 1 atom stereocenters. The largest absolute Gasteiger partial charge is 0.452 e. The van der Waals surface area contributed by atoms with Gasteiger partial charge >= 0.3 is 6.09 Å². The van der Waals surface area contributed by atoms with Crippen LogP contribution in [0.15, 0.2) is 43.1 Å². The van der Waals surface area contributed by atoms with Gasteiger partial charge in [0.1, 0.15) is 15.6 Å². The fourth-order valence-corrected chi connectivity index (χ4v) is 4.37. The van der Waals surface area contributed by atoms with Crippen LogP contribution in [0.1, 0.15) is 18.9 Å². The highest BCUT2D eigenvalue weighted by Gasteiger charge is 2.32. The highest BCUT2D eigenvalue weighted by atomic mass is 32.2.